The first-order valence-corrected chi connectivity index (χ1v) is 7.73. The highest BCUT2D eigenvalue weighted by Gasteiger charge is 2.21. The van der Waals surface area contributed by atoms with Crippen LogP contribution in [0, 0.1) is 6.92 Å². The zero-order chi connectivity index (χ0) is 14.1. The van der Waals surface area contributed by atoms with Crippen LogP contribution in [-0.4, -0.2) is 12.6 Å². The van der Waals surface area contributed by atoms with E-state index in [2.05, 4.69) is 52.4 Å². The fraction of sp³-hybridized carbons (Fsp3) is 0.250. The third-order valence-corrected chi connectivity index (χ3v) is 4.25. The summed E-state index contributed by atoms with van der Waals surface area (Å²) >= 11 is 9.55. The molecule has 4 heteroatoms. The first-order chi connectivity index (χ1) is 9.61. The van der Waals surface area contributed by atoms with Crippen molar-refractivity contribution in [2.75, 3.05) is 11.9 Å². The lowest BCUT2D eigenvalue weighted by molar-refractivity contribution is 0.283. The predicted octanol–water partition coefficient (Wildman–Crippen LogP) is 4.83. The van der Waals surface area contributed by atoms with E-state index >= 15 is 0 Å². The van der Waals surface area contributed by atoms with Crippen molar-refractivity contribution in [1.29, 1.82) is 0 Å². The fourth-order valence-corrected chi connectivity index (χ4v) is 3.26. The van der Waals surface area contributed by atoms with Crippen LogP contribution in [0.15, 0.2) is 40.9 Å². The number of halogens is 2. The van der Waals surface area contributed by atoms with Gasteiger partial charge in [0.25, 0.3) is 0 Å². The molecule has 1 heterocycles. The summed E-state index contributed by atoms with van der Waals surface area (Å²) in [5, 5.41) is 4.20. The van der Waals surface area contributed by atoms with E-state index in [9.17, 15) is 0 Å². The fourth-order valence-electron chi connectivity index (χ4n) is 2.36. The molecule has 1 aliphatic rings. The molecule has 0 aromatic heterocycles. The molecular formula is C16H15BrClNO. The van der Waals surface area contributed by atoms with Crippen molar-refractivity contribution in [3.63, 3.8) is 0 Å². The van der Waals surface area contributed by atoms with Crippen molar-refractivity contribution in [2.45, 2.75) is 19.4 Å². The average Bonchev–Trinajstić information content (AvgIpc) is 2.42. The van der Waals surface area contributed by atoms with Gasteiger partial charge in [0.2, 0.25) is 0 Å². The molecule has 2 aromatic rings. The average molecular weight is 353 g/mol. The lowest BCUT2D eigenvalue weighted by Crippen LogP contribution is -2.33. The molecule has 1 aliphatic heterocycles. The number of anilines is 1. The van der Waals surface area contributed by atoms with Crippen LogP contribution in [0.25, 0.3) is 0 Å². The lowest BCUT2D eigenvalue weighted by Gasteiger charge is -2.28. The van der Waals surface area contributed by atoms with E-state index in [0.29, 0.717) is 11.6 Å². The van der Waals surface area contributed by atoms with Gasteiger partial charge in [-0.25, -0.2) is 0 Å². The monoisotopic (exact) mass is 351 g/mol. The summed E-state index contributed by atoms with van der Waals surface area (Å²) in [6.45, 7) is 2.75. The smallest absolute Gasteiger partial charge is 0.145 e. The quantitative estimate of drug-likeness (QED) is 0.836. The maximum absolute atomic E-state index is 6.03. The van der Waals surface area contributed by atoms with Gasteiger partial charge in [0.15, 0.2) is 0 Å². The van der Waals surface area contributed by atoms with Gasteiger partial charge in [-0.15, -0.1) is 0 Å². The third-order valence-electron chi connectivity index (χ3n) is 3.41. The standard InChI is InChI=1S/C16H15BrClNO/c1-10-2-4-11(5-3-10)6-13-9-20-15-8-12(18)7-14(17)16(15)19-13/h2-5,7-8,13,19H,6,9H2,1H3. The SMILES string of the molecule is Cc1ccc(CC2COc3cc(Cl)cc(Br)c3N2)cc1. The van der Waals surface area contributed by atoms with Crippen molar-refractivity contribution < 1.29 is 4.74 Å². The second kappa shape index (κ2) is 5.66. The number of benzene rings is 2. The summed E-state index contributed by atoms with van der Waals surface area (Å²) in [6, 6.07) is 12.6. The Bertz CT molecular complexity index is 627. The van der Waals surface area contributed by atoms with Gasteiger partial charge in [-0.2, -0.15) is 0 Å². The normalized spacial score (nSPS) is 17.1. The molecule has 1 N–H and O–H groups in total. The molecule has 2 aromatic carbocycles. The number of aryl methyl sites for hydroxylation is 1. The van der Waals surface area contributed by atoms with E-state index < -0.39 is 0 Å². The molecule has 3 rings (SSSR count). The number of rotatable bonds is 2. The van der Waals surface area contributed by atoms with E-state index in [0.717, 1.165) is 22.3 Å². The van der Waals surface area contributed by atoms with Gasteiger partial charge in [-0.1, -0.05) is 41.4 Å². The third kappa shape index (κ3) is 2.94. The summed E-state index contributed by atoms with van der Waals surface area (Å²) in [5.74, 6) is 0.810. The van der Waals surface area contributed by atoms with Gasteiger partial charge in [0.05, 0.1) is 11.7 Å². The van der Waals surface area contributed by atoms with Gasteiger partial charge in [0, 0.05) is 15.6 Å². The van der Waals surface area contributed by atoms with E-state index in [4.69, 9.17) is 16.3 Å². The highest BCUT2D eigenvalue weighted by Crippen LogP contribution is 2.38. The van der Waals surface area contributed by atoms with Gasteiger partial charge in [-0.05, 0) is 40.9 Å². The van der Waals surface area contributed by atoms with Crippen LogP contribution in [0.3, 0.4) is 0 Å². The lowest BCUT2D eigenvalue weighted by atomic mass is 10.0. The predicted molar refractivity (Wildman–Crippen MR) is 86.9 cm³/mol. The molecule has 104 valence electrons. The molecule has 2 nitrogen and oxygen atoms in total. The Kier molecular flexibility index (Phi) is 3.90. The zero-order valence-corrected chi connectivity index (χ0v) is 13.5. The first kappa shape index (κ1) is 13.8. The van der Waals surface area contributed by atoms with E-state index in [1.54, 1.807) is 0 Å². The highest BCUT2D eigenvalue weighted by molar-refractivity contribution is 9.10. The van der Waals surface area contributed by atoms with E-state index in [1.807, 2.05) is 12.1 Å². The van der Waals surface area contributed by atoms with Gasteiger partial charge in [-0.3, -0.25) is 0 Å². The second-order valence-electron chi connectivity index (χ2n) is 5.10. The maximum atomic E-state index is 6.03. The Balaban J connectivity index is 1.77. The van der Waals surface area contributed by atoms with Crippen LogP contribution in [0.5, 0.6) is 5.75 Å². The van der Waals surface area contributed by atoms with Gasteiger partial charge < -0.3 is 10.1 Å². The summed E-state index contributed by atoms with van der Waals surface area (Å²) in [7, 11) is 0. The summed E-state index contributed by atoms with van der Waals surface area (Å²) in [4.78, 5) is 0. The zero-order valence-electron chi connectivity index (χ0n) is 11.1. The Hall–Kier alpha value is -1.19. The Morgan fingerprint density at radius 3 is 2.80 bits per heavy atom. The highest BCUT2D eigenvalue weighted by atomic mass is 79.9. The molecule has 1 unspecified atom stereocenters. The molecule has 0 fully saturated rings. The molecular weight excluding hydrogens is 338 g/mol. The summed E-state index contributed by atoms with van der Waals surface area (Å²) in [6.07, 6.45) is 0.939. The second-order valence-corrected chi connectivity index (χ2v) is 6.39. The molecule has 20 heavy (non-hydrogen) atoms. The van der Waals surface area contributed by atoms with Gasteiger partial charge in [0.1, 0.15) is 12.4 Å². The molecule has 1 atom stereocenters. The van der Waals surface area contributed by atoms with Crippen molar-refractivity contribution in [3.8, 4) is 5.75 Å². The molecule has 0 radical (unpaired) electrons. The summed E-state index contributed by atoms with van der Waals surface area (Å²) < 4.78 is 6.76. The first-order valence-electron chi connectivity index (χ1n) is 6.56. The number of hydrogen-bond acceptors (Lipinski definition) is 2. The molecule has 0 spiro atoms. The van der Waals surface area contributed by atoms with Crippen LogP contribution in [-0.2, 0) is 6.42 Å². The number of nitrogens with one attached hydrogen (secondary N) is 1. The van der Waals surface area contributed by atoms with Crippen LogP contribution in [0.1, 0.15) is 11.1 Å². The molecule has 0 saturated heterocycles. The van der Waals surface area contributed by atoms with Gasteiger partial charge >= 0.3 is 0 Å². The van der Waals surface area contributed by atoms with E-state index in [-0.39, 0.29) is 6.04 Å². The minimum Gasteiger partial charge on any atom is -0.489 e. The van der Waals surface area contributed by atoms with Crippen molar-refractivity contribution >= 4 is 33.2 Å². The minimum absolute atomic E-state index is 0.266. The van der Waals surface area contributed by atoms with Crippen molar-refractivity contribution in [3.05, 3.63) is 57.0 Å². The molecule has 0 amide bonds. The Morgan fingerprint density at radius 1 is 1.30 bits per heavy atom. The largest absolute Gasteiger partial charge is 0.489 e. The van der Waals surface area contributed by atoms with Crippen LogP contribution >= 0.6 is 27.5 Å². The Morgan fingerprint density at radius 2 is 2.05 bits per heavy atom. The number of fused-ring (bicyclic) bond motifs is 1. The molecule has 0 saturated carbocycles. The maximum Gasteiger partial charge on any atom is 0.145 e. The Labute approximate surface area is 132 Å². The molecule has 0 bridgehead atoms. The van der Waals surface area contributed by atoms with Crippen LogP contribution in [0.2, 0.25) is 5.02 Å². The van der Waals surface area contributed by atoms with E-state index in [1.165, 1.54) is 11.1 Å². The topological polar surface area (TPSA) is 21.3 Å². The summed E-state index contributed by atoms with van der Waals surface area (Å²) in [5.41, 5.74) is 3.58. The van der Waals surface area contributed by atoms with Crippen molar-refractivity contribution in [2.24, 2.45) is 0 Å². The number of hydrogen-bond donors (Lipinski definition) is 1. The van der Waals surface area contributed by atoms with Crippen LogP contribution in [0.4, 0.5) is 5.69 Å². The van der Waals surface area contributed by atoms with Crippen LogP contribution < -0.4 is 10.1 Å². The van der Waals surface area contributed by atoms with Crippen molar-refractivity contribution in [1.82, 2.24) is 0 Å². The molecule has 0 aliphatic carbocycles. The number of ether oxygens (including phenoxy) is 1. The minimum atomic E-state index is 0.266.